The third kappa shape index (κ3) is 1.31. The molecule has 7 heavy (non-hydrogen) atoms. The van der Waals surface area contributed by atoms with Crippen LogP contribution in [0.1, 0.15) is 6.92 Å². The van der Waals surface area contributed by atoms with Crippen LogP contribution < -0.4 is 0 Å². The topological polar surface area (TPSA) is 0 Å². The first kappa shape index (κ1) is 5.86. The molecule has 40 valence electrons. The van der Waals surface area contributed by atoms with E-state index in [-0.39, 0.29) is 4.71 Å². The van der Waals surface area contributed by atoms with Gasteiger partial charge in [0.2, 0.25) is 0 Å². The summed E-state index contributed by atoms with van der Waals surface area (Å²) in [6.07, 6.45) is 0. The molecule has 1 heterocycles. The number of hydrogen-bond donors (Lipinski definition) is 0. The average molecular weight is 153 g/mol. The van der Waals surface area contributed by atoms with E-state index in [2.05, 4.69) is 5.41 Å². The maximum atomic E-state index is 5.74. The number of alkyl halides is 1. The fraction of sp³-hybridized carbons (Fsp3) is 0.500. The number of hydrogen-bond acceptors (Lipinski definition) is 2. The van der Waals surface area contributed by atoms with E-state index in [9.17, 15) is 0 Å². The molecule has 0 N–H and O–H groups in total. The van der Waals surface area contributed by atoms with Crippen molar-refractivity contribution in [3.63, 3.8) is 0 Å². The minimum Gasteiger partial charge on any atom is -0.105 e. The molecule has 0 aliphatic carbocycles. The summed E-state index contributed by atoms with van der Waals surface area (Å²) >= 11 is 5.74. The van der Waals surface area contributed by atoms with E-state index in [4.69, 9.17) is 11.6 Å². The molecular weight excluding hydrogens is 148 g/mol. The summed E-state index contributed by atoms with van der Waals surface area (Å²) in [4.78, 5) is 0. The summed E-state index contributed by atoms with van der Waals surface area (Å²) in [5, 5.41) is 2.09. The Balaban J connectivity index is 2.54. The lowest BCUT2D eigenvalue weighted by Gasteiger charge is -1.93. The van der Waals surface area contributed by atoms with Gasteiger partial charge in [-0.15, -0.1) is 11.6 Å². The Bertz CT molecular complexity index is 99.9. The monoisotopic (exact) mass is 152 g/mol. The molecule has 0 aromatic heterocycles. The van der Waals surface area contributed by atoms with Gasteiger partial charge in [0.25, 0.3) is 0 Å². The van der Waals surface area contributed by atoms with Gasteiger partial charge in [0.1, 0.15) is 4.71 Å². The van der Waals surface area contributed by atoms with Crippen LogP contribution in [0.4, 0.5) is 0 Å². The van der Waals surface area contributed by atoms with Crippen LogP contribution in [0.15, 0.2) is 11.0 Å². The molecule has 0 saturated carbocycles. The van der Waals surface area contributed by atoms with E-state index in [1.807, 2.05) is 6.92 Å². The molecule has 0 amide bonds. The summed E-state index contributed by atoms with van der Waals surface area (Å²) in [5.74, 6) is 0. The molecule has 0 spiro atoms. The van der Waals surface area contributed by atoms with Gasteiger partial charge in [-0.25, -0.2) is 0 Å². The highest BCUT2D eigenvalue weighted by molar-refractivity contribution is 8.78. The zero-order chi connectivity index (χ0) is 5.28. The van der Waals surface area contributed by atoms with Gasteiger partial charge in [-0.2, -0.15) is 0 Å². The molecule has 0 saturated heterocycles. The van der Waals surface area contributed by atoms with Crippen LogP contribution in [0.2, 0.25) is 0 Å². The molecular formula is C4H5ClS2. The van der Waals surface area contributed by atoms with Gasteiger partial charge in [-0.05, 0) is 17.9 Å². The van der Waals surface area contributed by atoms with Crippen molar-refractivity contribution in [1.82, 2.24) is 0 Å². The lowest BCUT2D eigenvalue weighted by molar-refractivity contribution is 1.37. The van der Waals surface area contributed by atoms with Crippen molar-refractivity contribution in [1.29, 1.82) is 0 Å². The minimum absolute atomic E-state index is 0.227. The van der Waals surface area contributed by atoms with Crippen LogP contribution in [0.25, 0.3) is 0 Å². The predicted molar refractivity (Wildman–Crippen MR) is 38.6 cm³/mol. The second-order valence-electron chi connectivity index (χ2n) is 1.37. The Morgan fingerprint density at radius 2 is 2.57 bits per heavy atom. The van der Waals surface area contributed by atoms with E-state index in [0.717, 1.165) is 0 Å². The van der Waals surface area contributed by atoms with E-state index in [1.54, 1.807) is 21.6 Å². The highest BCUT2D eigenvalue weighted by Gasteiger charge is 2.12. The second-order valence-corrected chi connectivity index (χ2v) is 4.31. The Hall–Kier alpha value is 0.730. The maximum absolute atomic E-state index is 5.74. The van der Waals surface area contributed by atoms with Crippen molar-refractivity contribution < 1.29 is 0 Å². The summed E-state index contributed by atoms with van der Waals surface area (Å²) in [7, 11) is 3.41. The van der Waals surface area contributed by atoms with E-state index in [0.29, 0.717) is 0 Å². The maximum Gasteiger partial charge on any atom is 0.111 e. The van der Waals surface area contributed by atoms with E-state index >= 15 is 0 Å². The van der Waals surface area contributed by atoms with Gasteiger partial charge in [0.05, 0.1) is 0 Å². The van der Waals surface area contributed by atoms with Crippen LogP contribution >= 0.6 is 33.2 Å². The molecule has 0 fully saturated rings. The van der Waals surface area contributed by atoms with Gasteiger partial charge in [-0.1, -0.05) is 21.6 Å². The molecule has 1 aliphatic rings. The molecule has 0 nitrogen and oxygen atoms in total. The largest absolute Gasteiger partial charge is 0.111 e. The normalized spacial score (nSPS) is 30.6. The zero-order valence-corrected chi connectivity index (χ0v) is 6.24. The first-order chi connectivity index (χ1) is 3.30. The fourth-order valence-corrected chi connectivity index (χ4v) is 2.91. The van der Waals surface area contributed by atoms with Gasteiger partial charge in [0.15, 0.2) is 0 Å². The first-order valence-corrected chi connectivity index (χ1v) is 4.65. The fourth-order valence-electron chi connectivity index (χ4n) is 0.282. The lowest BCUT2D eigenvalue weighted by Crippen LogP contribution is -1.83. The Labute approximate surface area is 56.1 Å². The second kappa shape index (κ2) is 2.33. The average Bonchev–Trinajstić information content (AvgIpc) is 1.91. The number of rotatable bonds is 0. The van der Waals surface area contributed by atoms with Crippen molar-refractivity contribution in [3.05, 3.63) is 11.0 Å². The summed E-state index contributed by atoms with van der Waals surface area (Å²) in [6, 6.07) is 0. The van der Waals surface area contributed by atoms with Gasteiger partial charge >= 0.3 is 0 Å². The minimum atomic E-state index is 0.227. The highest BCUT2D eigenvalue weighted by Crippen LogP contribution is 2.42. The molecule has 3 heteroatoms. The molecule has 1 aliphatic heterocycles. The molecule has 1 atom stereocenters. The standard InChI is InChI=1S/C4H5ClS2/c1-3-2-6-7-4(3)5/h2,4H,1H3. The number of halogens is 1. The molecule has 0 aromatic rings. The molecule has 0 aromatic carbocycles. The third-order valence-electron chi connectivity index (χ3n) is 0.732. The first-order valence-electron chi connectivity index (χ1n) is 1.93. The highest BCUT2D eigenvalue weighted by atomic mass is 35.5. The molecule has 0 bridgehead atoms. The Morgan fingerprint density at radius 1 is 1.86 bits per heavy atom. The van der Waals surface area contributed by atoms with Crippen molar-refractivity contribution in [2.45, 2.75) is 11.6 Å². The quantitative estimate of drug-likeness (QED) is 0.387. The van der Waals surface area contributed by atoms with Gasteiger partial charge < -0.3 is 0 Å². The Kier molecular flexibility index (Phi) is 1.95. The molecule has 0 radical (unpaired) electrons. The van der Waals surface area contributed by atoms with Crippen molar-refractivity contribution in [3.8, 4) is 0 Å². The smallest absolute Gasteiger partial charge is 0.105 e. The van der Waals surface area contributed by atoms with Gasteiger partial charge in [-0.3, -0.25) is 0 Å². The van der Waals surface area contributed by atoms with Crippen LogP contribution in [-0.2, 0) is 0 Å². The van der Waals surface area contributed by atoms with E-state index in [1.165, 1.54) is 5.57 Å². The molecule has 1 rings (SSSR count). The summed E-state index contributed by atoms with van der Waals surface area (Å²) in [5.41, 5.74) is 1.27. The third-order valence-corrected chi connectivity index (χ3v) is 3.98. The van der Waals surface area contributed by atoms with Crippen molar-refractivity contribution in [2.75, 3.05) is 0 Å². The predicted octanol–water partition coefficient (Wildman–Crippen LogP) is 2.85. The van der Waals surface area contributed by atoms with Crippen LogP contribution in [0.3, 0.4) is 0 Å². The van der Waals surface area contributed by atoms with Crippen LogP contribution in [0, 0.1) is 0 Å². The van der Waals surface area contributed by atoms with Crippen LogP contribution in [0.5, 0.6) is 0 Å². The SMILES string of the molecule is CC1=CSSC1Cl. The van der Waals surface area contributed by atoms with Crippen molar-refractivity contribution >= 4 is 33.2 Å². The van der Waals surface area contributed by atoms with Crippen LogP contribution in [-0.4, -0.2) is 4.71 Å². The Morgan fingerprint density at radius 3 is 2.71 bits per heavy atom. The summed E-state index contributed by atoms with van der Waals surface area (Å²) < 4.78 is 0.227. The zero-order valence-electron chi connectivity index (χ0n) is 3.85. The lowest BCUT2D eigenvalue weighted by atomic mass is 10.4. The van der Waals surface area contributed by atoms with Crippen molar-refractivity contribution in [2.24, 2.45) is 0 Å². The van der Waals surface area contributed by atoms with E-state index < -0.39 is 0 Å². The molecule has 1 unspecified atom stereocenters. The summed E-state index contributed by atoms with van der Waals surface area (Å²) in [6.45, 7) is 2.05. The van der Waals surface area contributed by atoms with Gasteiger partial charge in [0, 0.05) is 0 Å².